The Morgan fingerprint density at radius 1 is 0.966 bits per heavy atom. The summed E-state index contributed by atoms with van der Waals surface area (Å²) in [6.07, 6.45) is 0.920. The molecule has 0 radical (unpaired) electrons. The third-order valence-corrected chi connectivity index (χ3v) is 5.11. The van der Waals surface area contributed by atoms with Gasteiger partial charge in [-0.1, -0.05) is 31.2 Å². The van der Waals surface area contributed by atoms with Crippen LogP contribution in [0.25, 0.3) is 0 Å². The van der Waals surface area contributed by atoms with Crippen LogP contribution in [0, 0.1) is 5.82 Å². The van der Waals surface area contributed by atoms with Crippen LogP contribution in [0.3, 0.4) is 0 Å². The number of rotatable bonds is 6. The number of para-hydroxylation sites is 1. The molecule has 1 heterocycles. The van der Waals surface area contributed by atoms with Crippen molar-refractivity contribution in [3.63, 3.8) is 0 Å². The second-order valence-electron chi connectivity index (χ2n) is 7.04. The number of benzene rings is 2. The van der Waals surface area contributed by atoms with Crippen LogP contribution < -0.4 is 15.5 Å². The largest absolute Gasteiger partial charge is 0.367 e. The molecule has 3 rings (SSSR count). The number of piperazine rings is 1. The van der Waals surface area contributed by atoms with Gasteiger partial charge in [0, 0.05) is 45.0 Å². The maximum absolute atomic E-state index is 13.9. The van der Waals surface area contributed by atoms with E-state index in [1.807, 2.05) is 23.1 Å². The molecule has 1 aliphatic rings. The Morgan fingerprint density at radius 3 is 2.31 bits per heavy atom. The van der Waals surface area contributed by atoms with Gasteiger partial charge in [0.05, 0.1) is 5.69 Å². The van der Waals surface area contributed by atoms with Gasteiger partial charge >= 0.3 is 11.8 Å². The van der Waals surface area contributed by atoms with E-state index in [2.05, 4.69) is 22.5 Å². The summed E-state index contributed by atoms with van der Waals surface area (Å²) in [5.41, 5.74) is 2.40. The molecule has 7 heteroatoms. The molecule has 0 unspecified atom stereocenters. The zero-order valence-corrected chi connectivity index (χ0v) is 16.7. The highest BCUT2D eigenvalue weighted by atomic mass is 19.1. The lowest BCUT2D eigenvalue weighted by Crippen LogP contribution is -2.49. The molecule has 0 atom stereocenters. The molecule has 2 aromatic rings. The lowest BCUT2D eigenvalue weighted by Gasteiger charge is -2.36. The molecule has 2 amide bonds. The molecule has 154 valence electrons. The van der Waals surface area contributed by atoms with Crippen molar-refractivity contribution in [2.24, 2.45) is 0 Å². The lowest BCUT2D eigenvalue weighted by molar-refractivity contribution is -0.136. The SMILES string of the molecule is CCc1ccc(NC(=O)C(=O)NCCN2CCN(c3ccccc3F)CC2)cc1. The number of carbonyl (C=O) groups excluding carboxylic acids is 2. The fourth-order valence-electron chi connectivity index (χ4n) is 3.34. The summed E-state index contributed by atoms with van der Waals surface area (Å²) >= 11 is 0. The highest BCUT2D eigenvalue weighted by molar-refractivity contribution is 6.39. The molecular weight excluding hydrogens is 371 g/mol. The Kier molecular flexibility index (Phi) is 7.19. The van der Waals surface area contributed by atoms with Gasteiger partial charge in [0.1, 0.15) is 5.82 Å². The average Bonchev–Trinajstić information content (AvgIpc) is 2.75. The number of aryl methyl sites for hydroxylation is 1. The Balaban J connectivity index is 1.37. The van der Waals surface area contributed by atoms with E-state index in [1.165, 1.54) is 11.6 Å². The molecule has 2 aromatic carbocycles. The van der Waals surface area contributed by atoms with E-state index in [0.29, 0.717) is 24.5 Å². The van der Waals surface area contributed by atoms with Gasteiger partial charge in [0.25, 0.3) is 0 Å². The van der Waals surface area contributed by atoms with E-state index >= 15 is 0 Å². The average molecular weight is 398 g/mol. The highest BCUT2D eigenvalue weighted by Gasteiger charge is 2.19. The zero-order valence-electron chi connectivity index (χ0n) is 16.7. The summed E-state index contributed by atoms with van der Waals surface area (Å²) in [7, 11) is 0. The highest BCUT2D eigenvalue weighted by Crippen LogP contribution is 2.19. The third kappa shape index (κ3) is 5.77. The van der Waals surface area contributed by atoms with E-state index < -0.39 is 11.8 Å². The predicted octanol–water partition coefficient (Wildman–Crippen LogP) is 2.27. The second-order valence-corrected chi connectivity index (χ2v) is 7.04. The van der Waals surface area contributed by atoms with Crippen molar-refractivity contribution in [1.82, 2.24) is 10.2 Å². The van der Waals surface area contributed by atoms with Gasteiger partial charge in [-0.05, 0) is 36.2 Å². The van der Waals surface area contributed by atoms with Crippen molar-refractivity contribution in [2.75, 3.05) is 49.5 Å². The van der Waals surface area contributed by atoms with E-state index in [-0.39, 0.29) is 5.82 Å². The second kappa shape index (κ2) is 10.0. The molecule has 1 saturated heterocycles. The Labute approximate surface area is 170 Å². The fraction of sp³-hybridized carbons (Fsp3) is 0.364. The quantitative estimate of drug-likeness (QED) is 0.733. The fourth-order valence-corrected chi connectivity index (χ4v) is 3.34. The minimum Gasteiger partial charge on any atom is -0.367 e. The lowest BCUT2D eigenvalue weighted by atomic mass is 10.1. The van der Waals surface area contributed by atoms with Crippen molar-refractivity contribution in [2.45, 2.75) is 13.3 Å². The van der Waals surface area contributed by atoms with Crippen molar-refractivity contribution < 1.29 is 14.0 Å². The Morgan fingerprint density at radius 2 is 1.66 bits per heavy atom. The predicted molar refractivity (Wildman–Crippen MR) is 113 cm³/mol. The van der Waals surface area contributed by atoms with Crippen LogP contribution in [0.5, 0.6) is 0 Å². The van der Waals surface area contributed by atoms with Gasteiger partial charge in [-0.3, -0.25) is 14.5 Å². The first kappa shape index (κ1) is 20.8. The van der Waals surface area contributed by atoms with Crippen LogP contribution in [0.2, 0.25) is 0 Å². The van der Waals surface area contributed by atoms with Crippen LogP contribution in [-0.2, 0) is 16.0 Å². The third-order valence-electron chi connectivity index (χ3n) is 5.11. The molecule has 0 aliphatic carbocycles. The summed E-state index contributed by atoms with van der Waals surface area (Å²) in [6, 6.07) is 14.2. The molecule has 1 aliphatic heterocycles. The van der Waals surface area contributed by atoms with E-state index in [0.717, 1.165) is 32.6 Å². The van der Waals surface area contributed by atoms with Crippen molar-refractivity contribution >= 4 is 23.2 Å². The monoisotopic (exact) mass is 398 g/mol. The van der Waals surface area contributed by atoms with Crippen LogP contribution in [0.15, 0.2) is 48.5 Å². The molecule has 6 nitrogen and oxygen atoms in total. The number of hydrogen-bond donors (Lipinski definition) is 2. The normalized spacial score (nSPS) is 14.5. The van der Waals surface area contributed by atoms with E-state index in [4.69, 9.17) is 0 Å². The summed E-state index contributed by atoms with van der Waals surface area (Å²) in [6.45, 7) is 6.10. The van der Waals surface area contributed by atoms with Gasteiger partial charge in [-0.15, -0.1) is 0 Å². The smallest absolute Gasteiger partial charge is 0.313 e. The molecule has 0 aromatic heterocycles. The van der Waals surface area contributed by atoms with Crippen LogP contribution in [0.4, 0.5) is 15.8 Å². The van der Waals surface area contributed by atoms with Gasteiger partial charge in [0.15, 0.2) is 0 Å². The standard InChI is InChI=1S/C22H27FN4O2/c1-2-17-7-9-18(10-8-17)25-22(29)21(28)24-11-12-26-13-15-27(16-14-26)20-6-4-3-5-19(20)23/h3-10H,2,11-16H2,1H3,(H,24,28)(H,25,29). The number of halogens is 1. The minimum absolute atomic E-state index is 0.205. The summed E-state index contributed by atoms with van der Waals surface area (Å²) in [4.78, 5) is 28.2. The molecule has 0 saturated carbocycles. The minimum atomic E-state index is -0.668. The summed E-state index contributed by atoms with van der Waals surface area (Å²) in [5.74, 6) is -1.52. The number of hydrogen-bond acceptors (Lipinski definition) is 4. The first-order valence-corrected chi connectivity index (χ1v) is 9.96. The topological polar surface area (TPSA) is 64.7 Å². The first-order valence-electron chi connectivity index (χ1n) is 9.96. The van der Waals surface area contributed by atoms with E-state index in [9.17, 15) is 14.0 Å². The van der Waals surface area contributed by atoms with Crippen LogP contribution in [-0.4, -0.2) is 56.0 Å². The molecule has 1 fully saturated rings. The molecular formula is C22H27FN4O2. The zero-order chi connectivity index (χ0) is 20.6. The van der Waals surface area contributed by atoms with Gasteiger partial charge in [-0.25, -0.2) is 4.39 Å². The number of nitrogens with zero attached hydrogens (tertiary/aromatic N) is 2. The van der Waals surface area contributed by atoms with Crippen LogP contribution in [0.1, 0.15) is 12.5 Å². The molecule has 0 bridgehead atoms. The van der Waals surface area contributed by atoms with Gasteiger partial charge in [-0.2, -0.15) is 0 Å². The van der Waals surface area contributed by atoms with Crippen molar-refractivity contribution in [1.29, 1.82) is 0 Å². The molecule has 0 spiro atoms. The summed E-state index contributed by atoms with van der Waals surface area (Å²) in [5, 5.41) is 5.26. The van der Waals surface area contributed by atoms with Crippen molar-refractivity contribution in [3.05, 3.63) is 59.9 Å². The number of anilines is 2. The van der Waals surface area contributed by atoms with E-state index in [1.54, 1.807) is 24.3 Å². The summed E-state index contributed by atoms with van der Waals surface area (Å²) < 4.78 is 13.9. The first-order chi connectivity index (χ1) is 14.1. The number of nitrogens with one attached hydrogen (secondary N) is 2. The number of amides is 2. The molecule has 29 heavy (non-hydrogen) atoms. The van der Waals surface area contributed by atoms with Gasteiger partial charge in [0.2, 0.25) is 0 Å². The molecule has 2 N–H and O–H groups in total. The van der Waals surface area contributed by atoms with Gasteiger partial charge < -0.3 is 15.5 Å². The Hall–Kier alpha value is -2.93. The maximum atomic E-state index is 13.9. The Bertz CT molecular complexity index is 833. The number of carbonyl (C=O) groups is 2. The maximum Gasteiger partial charge on any atom is 0.313 e. The van der Waals surface area contributed by atoms with Crippen LogP contribution >= 0.6 is 0 Å². The van der Waals surface area contributed by atoms with Crippen molar-refractivity contribution in [3.8, 4) is 0 Å².